The quantitative estimate of drug-likeness (QED) is 0.512. The molecule has 3 aromatic rings. The molecule has 2 heterocycles. The molecule has 6 nitrogen and oxygen atoms in total. The van der Waals surface area contributed by atoms with Crippen molar-refractivity contribution in [2.75, 3.05) is 6.61 Å². The van der Waals surface area contributed by atoms with Gasteiger partial charge in [0.15, 0.2) is 0 Å². The van der Waals surface area contributed by atoms with Crippen LogP contribution in [0, 0.1) is 10.1 Å². The summed E-state index contributed by atoms with van der Waals surface area (Å²) in [4.78, 5) is 14.1. The van der Waals surface area contributed by atoms with Crippen molar-refractivity contribution >= 4 is 5.69 Å². The molecule has 0 spiro atoms. The molecule has 1 unspecified atom stereocenters. The van der Waals surface area contributed by atoms with Crippen molar-refractivity contribution in [2.45, 2.75) is 12.3 Å². The lowest BCUT2D eigenvalue weighted by atomic mass is 9.90. The van der Waals surface area contributed by atoms with E-state index in [0.29, 0.717) is 24.2 Å². The van der Waals surface area contributed by atoms with E-state index >= 15 is 0 Å². The van der Waals surface area contributed by atoms with Crippen LogP contribution >= 0.6 is 0 Å². The molecule has 0 fully saturated rings. The predicted octanol–water partition coefficient (Wildman–Crippen LogP) is 4.50. The Hall–Kier alpha value is -3.41. The highest BCUT2D eigenvalue weighted by Gasteiger charge is 2.21. The van der Waals surface area contributed by atoms with Crippen LogP contribution < -0.4 is 9.47 Å². The Morgan fingerprint density at radius 1 is 1.12 bits per heavy atom. The van der Waals surface area contributed by atoms with Crippen molar-refractivity contribution < 1.29 is 14.4 Å². The van der Waals surface area contributed by atoms with Gasteiger partial charge in [0.25, 0.3) is 5.69 Å². The van der Waals surface area contributed by atoms with Gasteiger partial charge in [0, 0.05) is 24.1 Å². The fourth-order valence-electron chi connectivity index (χ4n) is 3.02. The third-order valence-corrected chi connectivity index (χ3v) is 4.37. The molecule has 130 valence electrons. The first-order valence-electron chi connectivity index (χ1n) is 8.28. The molecular formula is C20H16N2O4. The van der Waals surface area contributed by atoms with Crippen molar-refractivity contribution in [1.82, 2.24) is 4.98 Å². The van der Waals surface area contributed by atoms with Crippen LogP contribution in [-0.4, -0.2) is 16.5 Å². The van der Waals surface area contributed by atoms with E-state index < -0.39 is 4.92 Å². The van der Waals surface area contributed by atoms with Gasteiger partial charge in [-0.3, -0.25) is 10.1 Å². The molecule has 1 aromatic heterocycles. The standard InChI is InChI=1S/C20H16N2O4/c23-22(24)17-7-9-20(21-12-17)26-18-8-6-15-10-16(13-25-19(15)11-18)14-4-2-1-3-5-14/h1-9,11-12,16H,10,13H2. The van der Waals surface area contributed by atoms with E-state index in [1.807, 2.05) is 36.4 Å². The van der Waals surface area contributed by atoms with Gasteiger partial charge in [-0.25, -0.2) is 4.98 Å². The van der Waals surface area contributed by atoms with Crippen LogP contribution in [-0.2, 0) is 6.42 Å². The highest BCUT2D eigenvalue weighted by Crippen LogP contribution is 2.35. The maximum atomic E-state index is 10.7. The minimum absolute atomic E-state index is 0.0712. The molecule has 0 bridgehead atoms. The van der Waals surface area contributed by atoms with Crippen LogP contribution in [0.15, 0.2) is 66.9 Å². The van der Waals surface area contributed by atoms with Gasteiger partial charge < -0.3 is 9.47 Å². The first-order chi connectivity index (χ1) is 12.7. The monoisotopic (exact) mass is 348 g/mol. The van der Waals surface area contributed by atoms with Gasteiger partial charge in [-0.05, 0) is 23.6 Å². The van der Waals surface area contributed by atoms with E-state index in [9.17, 15) is 10.1 Å². The van der Waals surface area contributed by atoms with Crippen molar-refractivity contribution in [3.63, 3.8) is 0 Å². The summed E-state index contributed by atoms with van der Waals surface area (Å²) < 4.78 is 11.6. The molecule has 1 atom stereocenters. The summed E-state index contributed by atoms with van der Waals surface area (Å²) >= 11 is 0. The summed E-state index contributed by atoms with van der Waals surface area (Å²) in [5.74, 6) is 2.03. The van der Waals surface area contributed by atoms with Crippen molar-refractivity contribution in [2.24, 2.45) is 0 Å². The van der Waals surface area contributed by atoms with Crippen molar-refractivity contribution in [1.29, 1.82) is 0 Å². The fraction of sp³-hybridized carbons (Fsp3) is 0.150. The number of benzene rings is 2. The average Bonchev–Trinajstić information content (AvgIpc) is 2.69. The average molecular weight is 348 g/mol. The van der Waals surface area contributed by atoms with Gasteiger partial charge in [0.1, 0.15) is 17.7 Å². The normalized spacial score (nSPS) is 15.6. The Balaban J connectivity index is 1.49. The lowest BCUT2D eigenvalue weighted by Gasteiger charge is -2.26. The zero-order valence-corrected chi connectivity index (χ0v) is 13.9. The Labute approximate surface area is 150 Å². The van der Waals surface area contributed by atoms with E-state index in [0.717, 1.165) is 17.7 Å². The third-order valence-electron chi connectivity index (χ3n) is 4.37. The number of hydrogen-bond acceptors (Lipinski definition) is 5. The van der Waals surface area contributed by atoms with Gasteiger partial charge >= 0.3 is 0 Å². The van der Waals surface area contributed by atoms with E-state index in [1.165, 1.54) is 23.9 Å². The summed E-state index contributed by atoms with van der Waals surface area (Å²) in [6.45, 7) is 0.621. The third kappa shape index (κ3) is 3.35. The molecule has 0 saturated heterocycles. The Kier molecular flexibility index (Phi) is 4.23. The number of nitro groups is 1. The summed E-state index contributed by atoms with van der Waals surface area (Å²) in [5, 5.41) is 10.7. The second-order valence-electron chi connectivity index (χ2n) is 6.11. The van der Waals surface area contributed by atoms with Gasteiger partial charge in [-0.1, -0.05) is 36.4 Å². The summed E-state index contributed by atoms with van der Waals surface area (Å²) in [6.07, 6.45) is 2.09. The molecule has 0 saturated carbocycles. The molecule has 4 rings (SSSR count). The predicted molar refractivity (Wildman–Crippen MR) is 95.8 cm³/mol. The van der Waals surface area contributed by atoms with E-state index in [2.05, 4.69) is 17.1 Å². The number of nitrogens with zero attached hydrogens (tertiary/aromatic N) is 2. The van der Waals surface area contributed by atoms with Crippen LogP contribution in [0.2, 0.25) is 0 Å². The van der Waals surface area contributed by atoms with Gasteiger partial charge in [0.2, 0.25) is 5.88 Å². The largest absolute Gasteiger partial charge is 0.493 e. The SMILES string of the molecule is O=[N+]([O-])c1ccc(Oc2ccc3c(c2)OCC(c2ccccc2)C3)nc1. The Bertz CT molecular complexity index is 926. The molecule has 0 N–H and O–H groups in total. The molecule has 0 radical (unpaired) electrons. The Morgan fingerprint density at radius 3 is 2.69 bits per heavy atom. The second-order valence-corrected chi connectivity index (χ2v) is 6.11. The van der Waals surface area contributed by atoms with Gasteiger partial charge in [-0.2, -0.15) is 0 Å². The maximum Gasteiger partial charge on any atom is 0.287 e. The summed E-state index contributed by atoms with van der Waals surface area (Å²) in [7, 11) is 0. The van der Waals surface area contributed by atoms with E-state index in [-0.39, 0.29) is 5.69 Å². The summed E-state index contributed by atoms with van der Waals surface area (Å²) in [5.41, 5.74) is 2.33. The fourth-order valence-corrected chi connectivity index (χ4v) is 3.02. The first kappa shape index (κ1) is 16.1. The molecule has 1 aliphatic heterocycles. The van der Waals surface area contributed by atoms with Crippen LogP contribution in [0.5, 0.6) is 17.4 Å². The van der Waals surface area contributed by atoms with Crippen LogP contribution in [0.4, 0.5) is 5.69 Å². The number of fused-ring (bicyclic) bond motifs is 1. The molecule has 0 amide bonds. The minimum Gasteiger partial charge on any atom is -0.493 e. The van der Waals surface area contributed by atoms with Crippen LogP contribution in [0.25, 0.3) is 0 Å². The zero-order valence-electron chi connectivity index (χ0n) is 13.9. The van der Waals surface area contributed by atoms with E-state index in [1.54, 1.807) is 0 Å². The molecule has 6 heteroatoms. The summed E-state index contributed by atoms with van der Waals surface area (Å²) in [6, 6.07) is 18.9. The highest BCUT2D eigenvalue weighted by molar-refractivity contribution is 5.44. The second kappa shape index (κ2) is 6.84. The van der Waals surface area contributed by atoms with Gasteiger partial charge in [0.05, 0.1) is 11.5 Å². The van der Waals surface area contributed by atoms with Crippen LogP contribution in [0.1, 0.15) is 17.0 Å². The molecule has 2 aromatic carbocycles. The minimum atomic E-state index is -0.493. The first-order valence-corrected chi connectivity index (χ1v) is 8.28. The lowest BCUT2D eigenvalue weighted by Crippen LogP contribution is -2.19. The molecule has 26 heavy (non-hydrogen) atoms. The van der Waals surface area contributed by atoms with Gasteiger partial charge in [-0.15, -0.1) is 0 Å². The number of rotatable bonds is 4. The zero-order chi connectivity index (χ0) is 17.9. The van der Waals surface area contributed by atoms with Crippen molar-refractivity contribution in [3.05, 3.63) is 88.1 Å². The highest BCUT2D eigenvalue weighted by atomic mass is 16.6. The van der Waals surface area contributed by atoms with E-state index in [4.69, 9.17) is 9.47 Å². The number of ether oxygens (including phenoxy) is 2. The molecular weight excluding hydrogens is 332 g/mol. The van der Waals surface area contributed by atoms with Crippen LogP contribution in [0.3, 0.4) is 0 Å². The number of pyridine rings is 1. The smallest absolute Gasteiger partial charge is 0.287 e. The topological polar surface area (TPSA) is 74.5 Å². The lowest BCUT2D eigenvalue weighted by molar-refractivity contribution is -0.385. The molecule has 1 aliphatic rings. The maximum absolute atomic E-state index is 10.7. The molecule has 0 aliphatic carbocycles. The Morgan fingerprint density at radius 2 is 1.96 bits per heavy atom. The van der Waals surface area contributed by atoms with Crippen molar-refractivity contribution in [3.8, 4) is 17.4 Å². The number of aromatic nitrogens is 1. The number of hydrogen-bond donors (Lipinski definition) is 0.